The van der Waals surface area contributed by atoms with Gasteiger partial charge in [0.15, 0.2) is 6.61 Å². The molecule has 0 amide bonds. The minimum atomic E-state index is -1.21. The van der Waals surface area contributed by atoms with E-state index in [1.54, 1.807) is 0 Å². The predicted molar refractivity (Wildman–Crippen MR) is 107 cm³/mol. The summed E-state index contributed by atoms with van der Waals surface area (Å²) >= 11 is 4.15. The van der Waals surface area contributed by atoms with Crippen LogP contribution in [0.25, 0.3) is 0 Å². The lowest BCUT2D eigenvalue weighted by Gasteiger charge is -2.23. The molecule has 1 unspecified atom stereocenters. The fourth-order valence-electron chi connectivity index (χ4n) is 2.87. The quantitative estimate of drug-likeness (QED) is 0.157. The molecular formula is C19H35NO6S. The zero-order valence-electron chi connectivity index (χ0n) is 16.3. The maximum atomic E-state index is 12.0. The molecule has 3 N–H and O–H groups in total. The Morgan fingerprint density at radius 3 is 2.07 bits per heavy atom. The smallest absolute Gasteiger partial charge is 0.341 e. The van der Waals surface area contributed by atoms with Crippen molar-refractivity contribution in [3.05, 3.63) is 0 Å². The lowest BCUT2D eigenvalue weighted by atomic mass is 10.0. The van der Waals surface area contributed by atoms with Crippen LogP contribution in [-0.4, -0.2) is 52.6 Å². The van der Waals surface area contributed by atoms with Crippen molar-refractivity contribution in [3.63, 3.8) is 0 Å². The summed E-state index contributed by atoms with van der Waals surface area (Å²) in [5.74, 6) is -2.50. The number of thiol groups is 1. The van der Waals surface area contributed by atoms with Gasteiger partial charge in [0.25, 0.3) is 0 Å². The van der Waals surface area contributed by atoms with Gasteiger partial charge in [-0.3, -0.25) is 9.59 Å². The van der Waals surface area contributed by atoms with Crippen LogP contribution in [0.3, 0.4) is 0 Å². The van der Waals surface area contributed by atoms with Crippen LogP contribution in [0.4, 0.5) is 0 Å². The topological polar surface area (TPSA) is 113 Å². The van der Waals surface area contributed by atoms with E-state index in [9.17, 15) is 14.4 Å². The predicted octanol–water partition coefficient (Wildman–Crippen LogP) is 3.27. The summed E-state index contributed by atoms with van der Waals surface area (Å²) in [5.41, 5.74) is 0. The fourth-order valence-corrected chi connectivity index (χ4v) is 3.13. The maximum absolute atomic E-state index is 12.0. The number of hydrogen-bond donors (Lipinski definition) is 4. The molecule has 0 aromatic rings. The second kappa shape index (κ2) is 16.9. The Morgan fingerprint density at radius 1 is 0.926 bits per heavy atom. The monoisotopic (exact) mass is 405 g/mol. The maximum Gasteiger partial charge on any atom is 0.341 e. The van der Waals surface area contributed by atoms with Crippen molar-refractivity contribution >= 4 is 30.5 Å². The Balaban J connectivity index is 4.41. The summed E-state index contributed by atoms with van der Waals surface area (Å²) in [7, 11) is 0. The van der Waals surface area contributed by atoms with Crippen LogP contribution >= 0.6 is 12.6 Å². The third-order valence-corrected chi connectivity index (χ3v) is 4.71. The zero-order valence-corrected chi connectivity index (χ0v) is 17.2. The Bertz CT molecular complexity index is 432. The molecule has 0 aliphatic heterocycles. The van der Waals surface area contributed by atoms with Gasteiger partial charge in [-0.25, -0.2) is 4.79 Å². The van der Waals surface area contributed by atoms with Gasteiger partial charge in [0.1, 0.15) is 6.04 Å². The van der Waals surface area contributed by atoms with Crippen LogP contribution in [0.5, 0.6) is 0 Å². The standard InChI is InChI=1S/C19H35NO6S/c1-2-3-4-5-6-7-8-10-15(11-9-12-17(21)22)20-16(14-27)19(25)26-13-18(23)24/h15-16,20,27H,2-14H2,1H3,(H,21,22)(H,23,24)/t15?,16-/m0/s1. The van der Waals surface area contributed by atoms with Crippen LogP contribution < -0.4 is 5.32 Å². The number of carbonyl (C=O) groups is 3. The Kier molecular flexibility index (Phi) is 16.1. The van der Waals surface area contributed by atoms with E-state index in [0.717, 1.165) is 19.3 Å². The molecule has 2 atom stereocenters. The molecule has 0 radical (unpaired) electrons. The zero-order chi connectivity index (χ0) is 20.5. The summed E-state index contributed by atoms with van der Waals surface area (Å²) in [6, 6.07) is -0.721. The number of carboxylic acids is 2. The van der Waals surface area contributed by atoms with Crippen molar-refractivity contribution in [2.24, 2.45) is 0 Å². The Hall–Kier alpha value is -1.28. The van der Waals surface area contributed by atoms with Gasteiger partial charge >= 0.3 is 17.9 Å². The van der Waals surface area contributed by atoms with Gasteiger partial charge in [-0.05, 0) is 19.3 Å². The first-order valence-corrected chi connectivity index (χ1v) is 10.5. The second-order valence-electron chi connectivity index (χ2n) is 6.80. The lowest BCUT2D eigenvalue weighted by Crippen LogP contribution is -2.46. The number of hydrogen-bond acceptors (Lipinski definition) is 6. The number of nitrogens with one attached hydrogen (secondary N) is 1. The molecule has 8 heteroatoms. The Labute approximate surface area is 167 Å². The molecule has 0 saturated carbocycles. The molecule has 0 aliphatic rings. The summed E-state index contributed by atoms with van der Waals surface area (Å²) in [6.45, 7) is 1.51. The van der Waals surface area contributed by atoms with E-state index >= 15 is 0 Å². The molecule has 0 fully saturated rings. The van der Waals surface area contributed by atoms with Crippen molar-refractivity contribution in [3.8, 4) is 0 Å². The number of carbonyl (C=O) groups excluding carboxylic acids is 1. The molecule has 0 aromatic heterocycles. The minimum absolute atomic E-state index is 0.0190. The highest BCUT2D eigenvalue weighted by molar-refractivity contribution is 7.80. The van der Waals surface area contributed by atoms with Crippen molar-refractivity contribution in [1.82, 2.24) is 5.32 Å². The molecule has 0 heterocycles. The largest absolute Gasteiger partial charge is 0.481 e. The van der Waals surface area contributed by atoms with Gasteiger partial charge < -0.3 is 20.3 Å². The molecule has 0 aromatic carbocycles. The van der Waals surface area contributed by atoms with Crippen molar-refractivity contribution in [2.75, 3.05) is 12.4 Å². The van der Waals surface area contributed by atoms with E-state index in [-0.39, 0.29) is 18.2 Å². The third kappa shape index (κ3) is 15.5. The highest BCUT2D eigenvalue weighted by Crippen LogP contribution is 2.14. The summed E-state index contributed by atoms with van der Waals surface area (Å²) in [4.78, 5) is 33.3. The van der Waals surface area contributed by atoms with E-state index in [1.807, 2.05) is 0 Å². The van der Waals surface area contributed by atoms with Gasteiger partial charge in [-0.15, -0.1) is 0 Å². The third-order valence-electron chi connectivity index (χ3n) is 4.34. The average molecular weight is 406 g/mol. The number of ether oxygens (including phenoxy) is 1. The van der Waals surface area contributed by atoms with Gasteiger partial charge in [-0.2, -0.15) is 12.6 Å². The normalized spacial score (nSPS) is 13.1. The first-order valence-electron chi connectivity index (χ1n) is 9.87. The van der Waals surface area contributed by atoms with E-state index in [4.69, 9.17) is 14.9 Å². The molecule has 158 valence electrons. The number of unbranched alkanes of at least 4 members (excludes halogenated alkanes) is 6. The highest BCUT2D eigenvalue weighted by Gasteiger charge is 2.23. The van der Waals surface area contributed by atoms with E-state index < -0.39 is 30.6 Å². The minimum Gasteiger partial charge on any atom is -0.481 e. The number of esters is 1. The second-order valence-corrected chi connectivity index (χ2v) is 7.16. The van der Waals surface area contributed by atoms with Crippen molar-refractivity contribution < 1.29 is 29.3 Å². The lowest BCUT2D eigenvalue weighted by molar-refractivity contribution is -0.156. The van der Waals surface area contributed by atoms with E-state index in [2.05, 4.69) is 24.9 Å². The summed E-state index contributed by atoms with van der Waals surface area (Å²) < 4.78 is 4.74. The van der Waals surface area contributed by atoms with Gasteiger partial charge in [0.2, 0.25) is 0 Å². The molecular weight excluding hydrogens is 370 g/mol. The first-order chi connectivity index (χ1) is 12.9. The first kappa shape index (κ1) is 25.7. The van der Waals surface area contributed by atoms with Gasteiger partial charge in [0, 0.05) is 18.2 Å². The van der Waals surface area contributed by atoms with Gasteiger partial charge in [-0.1, -0.05) is 51.9 Å². The SMILES string of the molecule is CCCCCCCCCC(CCCC(=O)O)N[C@@H](CS)C(=O)OCC(=O)O. The van der Waals surface area contributed by atoms with Gasteiger partial charge in [0.05, 0.1) is 0 Å². The van der Waals surface area contributed by atoms with Crippen LogP contribution in [0.1, 0.15) is 77.6 Å². The molecule has 27 heavy (non-hydrogen) atoms. The van der Waals surface area contributed by atoms with E-state index in [0.29, 0.717) is 12.8 Å². The summed E-state index contributed by atoms with van der Waals surface area (Å²) in [6.07, 6.45) is 10.3. The summed E-state index contributed by atoms with van der Waals surface area (Å²) in [5, 5.41) is 20.6. The van der Waals surface area contributed by atoms with Crippen LogP contribution in [0.2, 0.25) is 0 Å². The van der Waals surface area contributed by atoms with Crippen molar-refractivity contribution in [1.29, 1.82) is 0 Å². The highest BCUT2D eigenvalue weighted by atomic mass is 32.1. The number of rotatable bonds is 18. The molecule has 0 saturated heterocycles. The van der Waals surface area contributed by atoms with Crippen LogP contribution in [0.15, 0.2) is 0 Å². The van der Waals surface area contributed by atoms with E-state index in [1.165, 1.54) is 32.1 Å². The fraction of sp³-hybridized carbons (Fsp3) is 0.842. The van der Waals surface area contributed by atoms with Crippen LogP contribution in [0, 0.1) is 0 Å². The molecule has 0 rings (SSSR count). The molecule has 0 bridgehead atoms. The number of carboxylic acid groups (broad SMARTS) is 2. The van der Waals surface area contributed by atoms with Crippen LogP contribution in [-0.2, 0) is 19.1 Å². The number of aliphatic carboxylic acids is 2. The molecule has 0 aliphatic carbocycles. The molecule has 0 spiro atoms. The Morgan fingerprint density at radius 2 is 1.52 bits per heavy atom. The molecule has 7 nitrogen and oxygen atoms in total. The van der Waals surface area contributed by atoms with Crippen molar-refractivity contribution in [2.45, 2.75) is 89.6 Å². The average Bonchev–Trinajstić information content (AvgIpc) is 2.62.